The minimum atomic E-state index is 0.639. The summed E-state index contributed by atoms with van der Waals surface area (Å²) in [7, 11) is 1.98. The van der Waals surface area contributed by atoms with Crippen LogP contribution in [0.5, 0.6) is 0 Å². The highest BCUT2D eigenvalue weighted by Gasteiger charge is 2.24. The highest BCUT2D eigenvalue weighted by atomic mass is 79.9. The number of hydrogen-bond donors (Lipinski definition) is 1. The van der Waals surface area contributed by atoms with E-state index >= 15 is 0 Å². The molecule has 1 fully saturated rings. The summed E-state index contributed by atoms with van der Waals surface area (Å²) in [5, 5.41) is 3.19. The first-order chi connectivity index (χ1) is 8.61. The molecule has 1 aromatic rings. The fourth-order valence-electron chi connectivity index (χ4n) is 2.86. The standard InChI is InChI=1S/C15H23BrN2/c1-11-6-7-18(12(2)8-11)15-5-4-13(10-17-3)9-14(15)16/h4-5,9,11-12,17H,6-8,10H2,1-3H3. The molecule has 0 bridgehead atoms. The van der Waals surface area contributed by atoms with E-state index in [9.17, 15) is 0 Å². The maximum atomic E-state index is 3.73. The van der Waals surface area contributed by atoms with Crippen LogP contribution in [0.3, 0.4) is 0 Å². The van der Waals surface area contributed by atoms with Crippen LogP contribution in [0.2, 0.25) is 0 Å². The van der Waals surface area contributed by atoms with Crippen molar-refractivity contribution in [3.05, 3.63) is 28.2 Å². The summed E-state index contributed by atoms with van der Waals surface area (Å²) < 4.78 is 1.22. The fraction of sp³-hybridized carbons (Fsp3) is 0.600. The molecule has 18 heavy (non-hydrogen) atoms. The van der Waals surface area contributed by atoms with Crippen molar-refractivity contribution >= 4 is 21.6 Å². The predicted octanol–water partition coefficient (Wildman–Crippen LogP) is 3.79. The van der Waals surface area contributed by atoms with Gasteiger partial charge in [-0.25, -0.2) is 0 Å². The average molecular weight is 311 g/mol. The topological polar surface area (TPSA) is 15.3 Å². The number of rotatable bonds is 3. The molecule has 1 heterocycles. The summed E-state index contributed by atoms with van der Waals surface area (Å²) in [4.78, 5) is 2.53. The van der Waals surface area contributed by atoms with Crippen LogP contribution in [0.15, 0.2) is 22.7 Å². The first-order valence-corrected chi connectivity index (χ1v) is 7.60. The Bertz CT molecular complexity index is 405. The van der Waals surface area contributed by atoms with Crippen molar-refractivity contribution in [2.75, 3.05) is 18.5 Å². The third-order valence-corrected chi connectivity index (χ3v) is 4.48. The van der Waals surface area contributed by atoms with Crippen molar-refractivity contribution in [2.24, 2.45) is 5.92 Å². The van der Waals surface area contributed by atoms with Gasteiger partial charge in [0.15, 0.2) is 0 Å². The van der Waals surface area contributed by atoms with Gasteiger partial charge in [0.1, 0.15) is 0 Å². The van der Waals surface area contributed by atoms with Crippen LogP contribution in [-0.4, -0.2) is 19.6 Å². The third-order valence-electron chi connectivity index (χ3n) is 3.84. The van der Waals surface area contributed by atoms with Gasteiger partial charge in [-0.1, -0.05) is 13.0 Å². The minimum absolute atomic E-state index is 0.639. The zero-order chi connectivity index (χ0) is 13.1. The van der Waals surface area contributed by atoms with E-state index in [1.807, 2.05) is 7.05 Å². The van der Waals surface area contributed by atoms with Gasteiger partial charge in [-0.2, -0.15) is 0 Å². The molecular weight excluding hydrogens is 288 g/mol. The summed E-state index contributed by atoms with van der Waals surface area (Å²) in [5.74, 6) is 0.860. The second kappa shape index (κ2) is 6.07. The average Bonchev–Trinajstić information content (AvgIpc) is 2.31. The molecule has 1 N–H and O–H groups in total. The van der Waals surface area contributed by atoms with E-state index in [0.717, 1.165) is 12.5 Å². The zero-order valence-electron chi connectivity index (χ0n) is 11.5. The van der Waals surface area contributed by atoms with Gasteiger partial charge in [-0.3, -0.25) is 0 Å². The third kappa shape index (κ3) is 3.07. The Labute approximate surface area is 119 Å². The van der Waals surface area contributed by atoms with Crippen LogP contribution in [0.1, 0.15) is 32.3 Å². The van der Waals surface area contributed by atoms with Crippen LogP contribution in [0.25, 0.3) is 0 Å². The fourth-order valence-corrected chi connectivity index (χ4v) is 3.52. The van der Waals surface area contributed by atoms with E-state index in [0.29, 0.717) is 6.04 Å². The van der Waals surface area contributed by atoms with Gasteiger partial charge in [0.05, 0.1) is 5.69 Å². The molecule has 2 unspecified atom stereocenters. The Morgan fingerprint density at radius 2 is 2.17 bits per heavy atom. The van der Waals surface area contributed by atoms with Crippen molar-refractivity contribution < 1.29 is 0 Å². The van der Waals surface area contributed by atoms with E-state index in [1.54, 1.807) is 0 Å². The van der Waals surface area contributed by atoms with Gasteiger partial charge >= 0.3 is 0 Å². The normalized spacial score (nSPS) is 24.3. The van der Waals surface area contributed by atoms with Gasteiger partial charge in [0.25, 0.3) is 0 Å². The van der Waals surface area contributed by atoms with E-state index in [-0.39, 0.29) is 0 Å². The second-order valence-corrected chi connectivity index (χ2v) is 6.34. The van der Waals surface area contributed by atoms with Crippen molar-refractivity contribution in [1.29, 1.82) is 0 Å². The molecule has 0 aliphatic carbocycles. The van der Waals surface area contributed by atoms with Crippen molar-refractivity contribution in [3.63, 3.8) is 0 Å². The number of piperidine rings is 1. The maximum absolute atomic E-state index is 3.73. The molecule has 0 aromatic heterocycles. The summed E-state index contributed by atoms with van der Waals surface area (Å²) in [6.45, 7) is 6.79. The van der Waals surface area contributed by atoms with Crippen LogP contribution < -0.4 is 10.2 Å². The van der Waals surface area contributed by atoms with Gasteiger partial charge in [0.2, 0.25) is 0 Å². The zero-order valence-corrected chi connectivity index (χ0v) is 13.1. The lowest BCUT2D eigenvalue weighted by Gasteiger charge is -2.39. The van der Waals surface area contributed by atoms with Crippen LogP contribution in [0.4, 0.5) is 5.69 Å². The Morgan fingerprint density at radius 3 is 2.78 bits per heavy atom. The van der Waals surface area contributed by atoms with E-state index in [1.165, 1.54) is 35.1 Å². The van der Waals surface area contributed by atoms with Crippen molar-refractivity contribution in [3.8, 4) is 0 Å². The molecule has 3 heteroatoms. The molecule has 1 aliphatic rings. The minimum Gasteiger partial charge on any atom is -0.368 e. The first-order valence-electron chi connectivity index (χ1n) is 6.81. The lowest BCUT2D eigenvalue weighted by molar-refractivity contribution is 0.377. The van der Waals surface area contributed by atoms with Gasteiger partial charge < -0.3 is 10.2 Å². The molecule has 100 valence electrons. The molecule has 1 saturated heterocycles. The van der Waals surface area contributed by atoms with Gasteiger partial charge in [0, 0.05) is 23.6 Å². The van der Waals surface area contributed by atoms with Crippen molar-refractivity contribution in [1.82, 2.24) is 5.32 Å². The smallest absolute Gasteiger partial charge is 0.0513 e. The SMILES string of the molecule is CNCc1ccc(N2CCC(C)CC2C)c(Br)c1. The number of anilines is 1. The lowest BCUT2D eigenvalue weighted by Crippen LogP contribution is -2.40. The second-order valence-electron chi connectivity index (χ2n) is 5.49. The molecular formula is C15H23BrN2. The molecule has 1 aliphatic heterocycles. The number of nitrogens with zero attached hydrogens (tertiary/aromatic N) is 1. The van der Waals surface area contributed by atoms with Crippen LogP contribution in [0, 0.1) is 5.92 Å². The number of halogens is 1. The van der Waals surface area contributed by atoms with E-state index in [4.69, 9.17) is 0 Å². The largest absolute Gasteiger partial charge is 0.368 e. The monoisotopic (exact) mass is 310 g/mol. The summed E-state index contributed by atoms with van der Waals surface area (Å²) >= 11 is 3.73. The lowest BCUT2D eigenvalue weighted by atomic mass is 9.93. The van der Waals surface area contributed by atoms with Crippen LogP contribution >= 0.6 is 15.9 Å². The van der Waals surface area contributed by atoms with E-state index < -0.39 is 0 Å². The molecule has 0 radical (unpaired) electrons. The highest BCUT2D eigenvalue weighted by Crippen LogP contribution is 2.33. The molecule has 2 rings (SSSR count). The van der Waals surface area contributed by atoms with Gasteiger partial charge in [-0.15, -0.1) is 0 Å². The molecule has 2 atom stereocenters. The molecule has 0 amide bonds. The summed E-state index contributed by atoms with van der Waals surface area (Å²) in [6, 6.07) is 7.35. The van der Waals surface area contributed by atoms with Crippen LogP contribution in [-0.2, 0) is 6.54 Å². The molecule has 1 aromatic carbocycles. The Morgan fingerprint density at radius 1 is 1.39 bits per heavy atom. The number of nitrogens with one attached hydrogen (secondary N) is 1. The Kier molecular flexibility index (Phi) is 4.68. The molecule has 0 saturated carbocycles. The first kappa shape index (κ1) is 13.9. The number of hydrogen-bond acceptors (Lipinski definition) is 2. The maximum Gasteiger partial charge on any atom is 0.0513 e. The summed E-state index contributed by atoms with van der Waals surface area (Å²) in [6.07, 6.45) is 2.60. The summed E-state index contributed by atoms with van der Waals surface area (Å²) in [5.41, 5.74) is 2.67. The quantitative estimate of drug-likeness (QED) is 0.913. The van der Waals surface area contributed by atoms with Gasteiger partial charge in [-0.05, 0) is 66.4 Å². The molecule has 2 nitrogen and oxygen atoms in total. The Balaban J connectivity index is 2.17. The predicted molar refractivity (Wildman–Crippen MR) is 82.1 cm³/mol. The molecule has 0 spiro atoms. The number of benzene rings is 1. The van der Waals surface area contributed by atoms with E-state index in [2.05, 4.69) is 58.2 Å². The van der Waals surface area contributed by atoms with Crippen molar-refractivity contribution in [2.45, 2.75) is 39.3 Å². The Hall–Kier alpha value is -0.540. The highest BCUT2D eigenvalue weighted by molar-refractivity contribution is 9.10.